The zero-order valence-corrected chi connectivity index (χ0v) is 13.6. The van der Waals surface area contributed by atoms with E-state index in [0.29, 0.717) is 11.8 Å². The summed E-state index contributed by atoms with van der Waals surface area (Å²) >= 11 is 0. The maximum absolute atomic E-state index is 11.9. The molecule has 0 saturated carbocycles. The highest BCUT2D eigenvalue weighted by molar-refractivity contribution is 5.80. The minimum atomic E-state index is -0.527. The fraction of sp³-hybridized carbons (Fsp3) is 0.625. The Morgan fingerprint density at radius 3 is 2.52 bits per heavy atom. The SMILES string of the molecule is CCC(C)NC(=O)C(C)Oc1ccc(CNC(C)C)nc1. The van der Waals surface area contributed by atoms with E-state index < -0.39 is 6.10 Å². The predicted octanol–water partition coefficient (Wildman–Crippen LogP) is 2.26. The van der Waals surface area contributed by atoms with Crippen molar-refractivity contribution in [1.82, 2.24) is 15.6 Å². The Morgan fingerprint density at radius 1 is 1.29 bits per heavy atom. The van der Waals surface area contributed by atoms with E-state index in [0.717, 1.165) is 18.7 Å². The Morgan fingerprint density at radius 2 is 2.00 bits per heavy atom. The maximum Gasteiger partial charge on any atom is 0.260 e. The smallest absolute Gasteiger partial charge is 0.260 e. The highest BCUT2D eigenvalue weighted by atomic mass is 16.5. The van der Waals surface area contributed by atoms with Gasteiger partial charge in [0.1, 0.15) is 5.75 Å². The van der Waals surface area contributed by atoms with Gasteiger partial charge in [-0.2, -0.15) is 0 Å². The summed E-state index contributed by atoms with van der Waals surface area (Å²) in [7, 11) is 0. The van der Waals surface area contributed by atoms with Gasteiger partial charge in [-0.1, -0.05) is 20.8 Å². The van der Waals surface area contributed by atoms with Crippen molar-refractivity contribution >= 4 is 5.91 Å². The topological polar surface area (TPSA) is 63.2 Å². The Kier molecular flexibility index (Phi) is 7.15. The number of rotatable bonds is 8. The quantitative estimate of drug-likeness (QED) is 0.772. The normalized spacial score (nSPS) is 13.8. The molecule has 0 fully saturated rings. The molecule has 21 heavy (non-hydrogen) atoms. The van der Waals surface area contributed by atoms with Crippen molar-refractivity contribution in [2.75, 3.05) is 0 Å². The first-order valence-electron chi connectivity index (χ1n) is 7.57. The van der Waals surface area contributed by atoms with Crippen LogP contribution in [0.15, 0.2) is 18.3 Å². The summed E-state index contributed by atoms with van der Waals surface area (Å²) in [4.78, 5) is 16.2. The van der Waals surface area contributed by atoms with E-state index in [4.69, 9.17) is 4.74 Å². The van der Waals surface area contributed by atoms with Crippen LogP contribution in [0.3, 0.4) is 0 Å². The molecule has 0 saturated heterocycles. The van der Waals surface area contributed by atoms with E-state index in [9.17, 15) is 4.79 Å². The molecule has 1 aromatic rings. The van der Waals surface area contributed by atoms with Gasteiger partial charge in [0.05, 0.1) is 11.9 Å². The van der Waals surface area contributed by atoms with Gasteiger partial charge in [0.25, 0.3) is 5.91 Å². The number of pyridine rings is 1. The standard InChI is InChI=1S/C16H27N3O2/c1-6-12(4)19-16(20)13(5)21-15-8-7-14(18-10-15)9-17-11(2)3/h7-8,10-13,17H,6,9H2,1-5H3,(H,19,20). The third-order valence-corrected chi connectivity index (χ3v) is 3.17. The lowest BCUT2D eigenvalue weighted by atomic mass is 10.2. The Hall–Kier alpha value is -1.62. The van der Waals surface area contributed by atoms with E-state index in [1.165, 1.54) is 0 Å². The zero-order chi connectivity index (χ0) is 15.8. The molecule has 0 bridgehead atoms. The molecule has 2 atom stereocenters. The maximum atomic E-state index is 11.9. The molecule has 0 aliphatic rings. The highest BCUT2D eigenvalue weighted by Crippen LogP contribution is 2.11. The van der Waals surface area contributed by atoms with E-state index in [1.54, 1.807) is 13.1 Å². The van der Waals surface area contributed by atoms with Crippen LogP contribution in [0.5, 0.6) is 5.75 Å². The summed E-state index contributed by atoms with van der Waals surface area (Å²) in [5.41, 5.74) is 0.952. The van der Waals surface area contributed by atoms with Crippen molar-refractivity contribution in [1.29, 1.82) is 0 Å². The van der Waals surface area contributed by atoms with Crippen LogP contribution in [-0.4, -0.2) is 29.1 Å². The highest BCUT2D eigenvalue weighted by Gasteiger charge is 2.16. The monoisotopic (exact) mass is 293 g/mol. The second-order valence-electron chi connectivity index (χ2n) is 5.60. The van der Waals surface area contributed by atoms with Gasteiger partial charge in [-0.25, -0.2) is 0 Å². The fourth-order valence-electron chi connectivity index (χ4n) is 1.61. The first-order chi connectivity index (χ1) is 9.92. The van der Waals surface area contributed by atoms with Crippen molar-refractivity contribution in [2.45, 2.75) is 65.8 Å². The number of nitrogens with one attached hydrogen (secondary N) is 2. The minimum absolute atomic E-state index is 0.102. The van der Waals surface area contributed by atoms with Crippen LogP contribution in [-0.2, 0) is 11.3 Å². The summed E-state index contributed by atoms with van der Waals surface area (Å²) in [5.74, 6) is 0.505. The average molecular weight is 293 g/mol. The van der Waals surface area contributed by atoms with Crippen molar-refractivity contribution in [2.24, 2.45) is 0 Å². The summed E-state index contributed by atoms with van der Waals surface area (Å²) in [5, 5.41) is 6.20. The molecular formula is C16H27N3O2. The largest absolute Gasteiger partial charge is 0.479 e. The van der Waals surface area contributed by atoms with Crippen LogP contribution >= 0.6 is 0 Å². The van der Waals surface area contributed by atoms with Gasteiger partial charge < -0.3 is 15.4 Å². The van der Waals surface area contributed by atoms with Crippen LogP contribution in [0.25, 0.3) is 0 Å². The average Bonchev–Trinajstić information content (AvgIpc) is 2.46. The van der Waals surface area contributed by atoms with Gasteiger partial charge in [-0.05, 0) is 32.4 Å². The molecule has 2 N–H and O–H groups in total. The lowest BCUT2D eigenvalue weighted by Gasteiger charge is -2.17. The molecular weight excluding hydrogens is 266 g/mol. The number of hydrogen-bond acceptors (Lipinski definition) is 4. The van der Waals surface area contributed by atoms with E-state index >= 15 is 0 Å². The van der Waals surface area contributed by atoms with Crippen molar-refractivity contribution in [3.05, 3.63) is 24.0 Å². The molecule has 2 unspecified atom stereocenters. The Bertz CT molecular complexity index is 432. The molecule has 1 heterocycles. The molecule has 5 heteroatoms. The van der Waals surface area contributed by atoms with Crippen molar-refractivity contribution in [3.63, 3.8) is 0 Å². The lowest BCUT2D eigenvalue weighted by molar-refractivity contribution is -0.127. The second kappa shape index (κ2) is 8.62. The molecule has 1 rings (SSSR count). The van der Waals surface area contributed by atoms with Crippen LogP contribution in [0, 0.1) is 0 Å². The van der Waals surface area contributed by atoms with Crippen LogP contribution in [0.1, 0.15) is 46.7 Å². The van der Waals surface area contributed by atoms with Gasteiger partial charge in [-0.15, -0.1) is 0 Å². The predicted molar refractivity (Wildman–Crippen MR) is 84.2 cm³/mol. The number of carbonyl (C=O) groups is 1. The molecule has 0 aliphatic heterocycles. The number of carbonyl (C=O) groups excluding carboxylic acids is 1. The van der Waals surface area contributed by atoms with Crippen molar-refractivity contribution < 1.29 is 9.53 Å². The van der Waals surface area contributed by atoms with Gasteiger partial charge >= 0.3 is 0 Å². The van der Waals surface area contributed by atoms with Gasteiger partial charge in [0.2, 0.25) is 0 Å². The number of ether oxygens (including phenoxy) is 1. The molecule has 118 valence electrons. The van der Waals surface area contributed by atoms with E-state index in [1.807, 2.05) is 26.0 Å². The Labute approximate surface area is 127 Å². The molecule has 1 amide bonds. The van der Waals surface area contributed by atoms with Crippen LogP contribution in [0.4, 0.5) is 0 Å². The molecule has 0 spiro atoms. The third-order valence-electron chi connectivity index (χ3n) is 3.17. The molecule has 0 aromatic carbocycles. The molecule has 5 nitrogen and oxygen atoms in total. The van der Waals surface area contributed by atoms with Gasteiger partial charge in [0.15, 0.2) is 6.10 Å². The summed E-state index contributed by atoms with van der Waals surface area (Å²) in [6, 6.07) is 4.33. The molecule has 0 radical (unpaired) electrons. The Balaban J connectivity index is 2.49. The lowest BCUT2D eigenvalue weighted by Crippen LogP contribution is -2.41. The summed E-state index contributed by atoms with van der Waals surface area (Å²) in [6.07, 6.45) is 2.03. The summed E-state index contributed by atoms with van der Waals surface area (Å²) < 4.78 is 5.61. The minimum Gasteiger partial charge on any atom is -0.479 e. The van der Waals surface area contributed by atoms with Crippen molar-refractivity contribution in [3.8, 4) is 5.75 Å². The number of nitrogens with zero attached hydrogens (tertiary/aromatic N) is 1. The number of hydrogen-bond donors (Lipinski definition) is 2. The van der Waals surface area contributed by atoms with Crippen LogP contribution in [0.2, 0.25) is 0 Å². The molecule has 1 aromatic heterocycles. The summed E-state index contributed by atoms with van der Waals surface area (Å²) in [6.45, 7) is 10.7. The van der Waals surface area contributed by atoms with Gasteiger partial charge in [0, 0.05) is 18.6 Å². The zero-order valence-electron chi connectivity index (χ0n) is 13.6. The second-order valence-corrected chi connectivity index (χ2v) is 5.60. The van der Waals surface area contributed by atoms with E-state index in [2.05, 4.69) is 29.5 Å². The van der Waals surface area contributed by atoms with Gasteiger partial charge in [-0.3, -0.25) is 9.78 Å². The fourth-order valence-corrected chi connectivity index (χ4v) is 1.61. The molecule has 0 aliphatic carbocycles. The van der Waals surface area contributed by atoms with E-state index in [-0.39, 0.29) is 11.9 Å². The first-order valence-corrected chi connectivity index (χ1v) is 7.57. The van der Waals surface area contributed by atoms with Crippen LogP contribution < -0.4 is 15.4 Å². The number of aromatic nitrogens is 1. The first kappa shape index (κ1) is 17.4. The number of amides is 1. The third kappa shape index (κ3) is 6.58.